The minimum absolute atomic E-state index is 0. The van der Waals surface area contributed by atoms with E-state index >= 15 is 0 Å². The standard InChI is InChI=1S/C10H7NO3.Na/c12-5-7-9(13)6-3-1-2-4-8(6)11-10(7)14;/h1-5,12H,(H,11,14);/q;+1/p-1/b7-5-;. The van der Waals surface area contributed by atoms with Crippen molar-refractivity contribution in [2.75, 3.05) is 5.32 Å². The number of rotatable bonds is 0. The SMILES string of the molecule is O=C1Nc2ccccc2C(=O)/C1=C/[O-].[Na+]. The van der Waals surface area contributed by atoms with Crippen LogP contribution < -0.4 is 40.0 Å². The molecule has 0 aromatic heterocycles. The molecule has 0 fully saturated rings. The van der Waals surface area contributed by atoms with E-state index in [1.54, 1.807) is 24.3 Å². The molecule has 1 aliphatic heterocycles. The van der Waals surface area contributed by atoms with Crippen LogP contribution in [0.4, 0.5) is 5.69 Å². The number of carbonyl (C=O) groups is 2. The summed E-state index contributed by atoms with van der Waals surface area (Å²) in [6, 6.07) is 6.57. The second kappa shape index (κ2) is 4.61. The first kappa shape index (κ1) is 12.0. The van der Waals surface area contributed by atoms with Crippen LogP contribution in [0.15, 0.2) is 36.1 Å². The quantitative estimate of drug-likeness (QED) is 0.216. The Kier molecular flexibility index (Phi) is 3.68. The molecule has 0 saturated carbocycles. The van der Waals surface area contributed by atoms with Crippen molar-refractivity contribution in [3.8, 4) is 0 Å². The molecule has 5 heteroatoms. The fraction of sp³-hybridized carbons (Fsp3) is 0. The van der Waals surface area contributed by atoms with Crippen LogP contribution in [-0.4, -0.2) is 11.7 Å². The number of anilines is 1. The Morgan fingerprint density at radius 1 is 1.20 bits per heavy atom. The maximum atomic E-state index is 11.5. The van der Waals surface area contributed by atoms with Crippen LogP contribution in [0.3, 0.4) is 0 Å². The van der Waals surface area contributed by atoms with Crippen molar-refractivity contribution >= 4 is 17.4 Å². The van der Waals surface area contributed by atoms with Gasteiger partial charge in [-0.15, -0.1) is 6.26 Å². The van der Waals surface area contributed by atoms with Gasteiger partial charge in [-0.05, 0) is 12.1 Å². The molecule has 0 atom stereocenters. The molecule has 0 aliphatic carbocycles. The first-order chi connectivity index (χ1) is 6.74. The van der Waals surface area contributed by atoms with E-state index in [2.05, 4.69) is 5.32 Å². The van der Waals surface area contributed by atoms with Gasteiger partial charge in [0.1, 0.15) is 0 Å². The molecule has 2 rings (SSSR count). The first-order valence-electron chi connectivity index (χ1n) is 4.01. The van der Waals surface area contributed by atoms with Crippen LogP contribution in [0.2, 0.25) is 0 Å². The predicted molar refractivity (Wildman–Crippen MR) is 47.5 cm³/mol. The van der Waals surface area contributed by atoms with Gasteiger partial charge in [-0.25, -0.2) is 0 Å². The Balaban J connectivity index is 0.00000112. The molecule has 1 aliphatic rings. The largest absolute Gasteiger partial charge is 1.00 e. The van der Waals surface area contributed by atoms with Crippen LogP contribution in [0.25, 0.3) is 0 Å². The van der Waals surface area contributed by atoms with E-state index in [1.807, 2.05) is 0 Å². The maximum absolute atomic E-state index is 11.5. The van der Waals surface area contributed by atoms with Gasteiger partial charge in [-0.1, -0.05) is 12.1 Å². The number of para-hydroxylation sites is 1. The van der Waals surface area contributed by atoms with Crippen LogP contribution in [0.1, 0.15) is 10.4 Å². The van der Waals surface area contributed by atoms with Gasteiger partial charge >= 0.3 is 29.6 Å². The fourth-order valence-corrected chi connectivity index (χ4v) is 1.34. The van der Waals surface area contributed by atoms with Crippen molar-refractivity contribution in [1.82, 2.24) is 0 Å². The third-order valence-electron chi connectivity index (χ3n) is 2.03. The number of benzene rings is 1. The number of amides is 1. The second-order valence-corrected chi connectivity index (χ2v) is 2.86. The molecule has 0 spiro atoms. The Morgan fingerprint density at radius 2 is 1.87 bits per heavy atom. The van der Waals surface area contributed by atoms with Crippen molar-refractivity contribution in [1.29, 1.82) is 0 Å². The van der Waals surface area contributed by atoms with E-state index in [0.717, 1.165) is 0 Å². The maximum Gasteiger partial charge on any atom is 1.00 e. The molecule has 15 heavy (non-hydrogen) atoms. The monoisotopic (exact) mass is 211 g/mol. The molecule has 0 radical (unpaired) electrons. The molecule has 70 valence electrons. The summed E-state index contributed by atoms with van der Waals surface area (Å²) in [5.74, 6) is -1.15. The van der Waals surface area contributed by atoms with Gasteiger partial charge < -0.3 is 10.4 Å². The summed E-state index contributed by atoms with van der Waals surface area (Å²) in [6.07, 6.45) is 0.285. The van der Waals surface area contributed by atoms with E-state index in [0.29, 0.717) is 11.3 Å². The van der Waals surface area contributed by atoms with E-state index < -0.39 is 11.7 Å². The fourth-order valence-electron chi connectivity index (χ4n) is 1.34. The van der Waals surface area contributed by atoms with Crippen LogP contribution >= 0.6 is 0 Å². The van der Waals surface area contributed by atoms with Crippen molar-refractivity contribution in [2.24, 2.45) is 0 Å². The summed E-state index contributed by atoms with van der Waals surface area (Å²) in [7, 11) is 0. The molecule has 0 saturated heterocycles. The summed E-state index contributed by atoms with van der Waals surface area (Å²) in [5.41, 5.74) is 0.464. The van der Waals surface area contributed by atoms with E-state index in [9.17, 15) is 14.7 Å². The summed E-state index contributed by atoms with van der Waals surface area (Å²) in [6.45, 7) is 0. The van der Waals surface area contributed by atoms with Gasteiger partial charge in [-0.3, -0.25) is 9.59 Å². The third-order valence-corrected chi connectivity index (χ3v) is 2.03. The molecular formula is C10H6NNaO3. The summed E-state index contributed by atoms with van der Waals surface area (Å²) < 4.78 is 0. The van der Waals surface area contributed by atoms with Gasteiger partial charge in [0.25, 0.3) is 5.91 Å². The number of fused-ring (bicyclic) bond motifs is 1. The predicted octanol–water partition coefficient (Wildman–Crippen LogP) is -2.93. The zero-order valence-electron chi connectivity index (χ0n) is 8.11. The van der Waals surface area contributed by atoms with Crippen molar-refractivity contribution < 1.29 is 44.3 Å². The second-order valence-electron chi connectivity index (χ2n) is 2.86. The van der Waals surface area contributed by atoms with Crippen molar-refractivity contribution in [3.63, 3.8) is 0 Å². The molecule has 0 unspecified atom stereocenters. The summed E-state index contributed by atoms with van der Waals surface area (Å²) in [4.78, 5) is 22.7. The first-order valence-corrected chi connectivity index (χ1v) is 4.01. The van der Waals surface area contributed by atoms with Gasteiger partial charge in [0.05, 0.1) is 11.3 Å². The van der Waals surface area contributed by atoms with E-state index in [4.69, 9.17) is 0 Å². The average molecular weight is 211 g/mol. The topological polar surface area (TPSA) is 69.2 Å². The molecule has 4 nitrogen and oxygen atoms in total. The number of ketones is 1. The smallest absolute Gasteiger partial charge is 0.877 e. The number of nitrogens with one attached hydrogen (secondary N) is 1. The Labute approximate surface area is 108 Å². The Bertz CT molecular complexity index is 454. The minimum Gasteiger partial charge on any atom is -0.877 e. The van der Waals surface area contributed by atoms with Gasteiger partial charge in [-0.2, -0.15) is 0 Å². The van der Waals surface area contributed by atoms with Crippen molar-refractivity contribution in [3.05, 3.63) is 41.7 Å². The molecule has 1 aromatic carbocycles. The minimum atomic E-state index is -0.635. The van der Waals surface area contributed by atoms with Crippen molar-refractivity contribution in [2.45, 2.75) is 0 Å². The molecular weight excluding hydrogens is 205 g/mol. The molecule has 1 N–H and O–H groups in total. The Hall–Kier alpha value is -1.10. The van der Waals surface area contributed by atoms with Gasteiger partial charge in [0, 0.05) is 5.56 Å². The van der Waals surface area contributed by atoms with Gasteiger partial charge in [0.15, 0.2) is 5.78 Å². The number of carbonyl (C=O) groups excluding carboxylic acids is 2. The van der Waals surface area contributed by atoms with Crippen LogP contribution in [-0.2, 0) is 4.79 Å². The van der Waals surface area contributed by atoms with E-state index in [1.165, 1.54) is 0 Å². The number of hydrogen-bond acceptors (Lipinski definition) is 3. The number of Topliss-reactive ketones (excluding diaryl/α,β-unsaturated/α-hetero) is 1. The third kappa shape index (κ3) is 1.97. The molecule has 1 heterocycles. The molecule has 1 amide bonds. The van der Waals surface area contributed by atoms with E-state index in [-0.39, 0.29) is 41.4 Å². The van der Waals surface area contributed by atoms with Crippen LogP contribution in [0, 0.1) is 0 Å². The average Bonchev–Trinajstić information content (AvgIpc) is 2.18. The molecule has 1 aromatic rings. The Morgan fingerprint density at radius 3 is 2.53 bits per heavy atom. The normalized spacial score (nSPS) is 16.7. The molecule has 0 bridgehead atoms. The summed E-state index contributed by atoms with van der Waals surface area (Å²) >= 11 is 0. The van der Waals surface area contributed by atoms with Crippen LogP contribution in [0.5, 0.6) is 0 Å². The number of hydrogen-bond donors (Lipinski definition) is 1. The van der Waals surface area contributed by atoms with Gasteiger partial charge in [0.2, 0.25) is 0 Å². The zero-order chi connectivity index (χ0) is 10.1. The zero-order valence-corrected chi connectivity index (χ0v) is 10.1. The summed E-state index contributed by atoms with van der Waals surface area (Å²) in [5, 5.41) is 12.9.